The summed E-state index contributed by atoms with van der Waals surface area (Å²) in [5, 5.41) is 10.1. The van der Waals surface area contributed by atoms with Gasteiger partial charge in [-0.25, -0.2) is 4.98 Å². The molecule has 5 nitrogen and oxygen atoms in total. The zero-order valence-corrected chi connectivity index (χ0v) is 8.74. The van der Waals surface area contributed by atoms with Gasteiger partial charge in [-0.05, 0) is 0 Å². The number of aromatic nitrogens is 2. The molecule has 0 aliphatic carbocycles. The highest BCUT2D eigenvalue weighted by molar-refractivity contribution is 7.15. The molecule has 0 radical (unpaired) electrons. The summed E-state index contributed by atoms with van der Waals surface area (Å²) in [4.78, 5) is 18.6. The van der Waals surface area contributed by atoms with Gasteiger partial charge in [0.15, 0.2) is 9.94 Å². The molecule has 0 N–H and O–H groups in total. The van der Waals surface area contributed by atoms with Crippen molar-refractivity contribution >= 4 is 29.2 Å². The van der Waals surface area contributed by atoms with Gasteiger partial charge in [0.2, 0.25) is 5.39 Å². The van der Waals surface area contributed by atoms with Crippen molar-refractivity contribution in [3.63, 3.8) is 0 Å². The molecule has 2 heterocycles. The highest BCUT2D eigenvalue weighted by atomic mass is 32.1. The molecule has 11 heteroatoms. The van der Waals surface area contributed by atoms with E-state index in [1.165, 1.54) is 21.9 Å². The standard InChI is InChI=1S/C6H3N4OS.BF4/c7-9-4-3-8-6-10(5(4)11)1-2-12-6;2-1(3,4)5/h1-3H;/q+1;-1. The monoisotopic (exact) mass is 266 g/mol. The van der Waals surface area contributed by atoms with Gasteiger partial charge in [-0.15, -0.1) is 11.3 Å². The Morgan fingerprint density at radius 2 is 2.00 bits per heavy atom. The van der Waals surface area contributed by atoms with Crippen molar-refractivity contribution in [3.05, 3.63) is 33.1 Å². The molecule has 0 aromatic carbocycles. The Balaban J connectivity index is 0.000000249. The van der Waals surface area contributed by atoms with Crippen molar-refractivity contribution in [3.8, 4) is 0 Å². The molecule has 0 atom stereocenters. The number of hydrogen-bond donors (Lipinski definition) is 0. The van der Waals surface area contributed by atoms with E-state index >= 15 is 0 Å². The molecule has 90 valence electrons. The molecular weight excluding hydrogens is 263 g/mol. The Morgan fingerprint density at radius 3 is 2.53 bits per heavy atom. The third-order valence-corrected chi connectivity index (χ3v) is 2.20. The maximum Gasteiger partial charge on any atom is 0.673 e. The van der Waals surface area contributed by atoms with E-state index in [9.17, 15) is 22.1 Å². The number of thiazole rings is 1. The lowest BCUT2D eigenvalue weighted by Gasteiger charge is -1.94. The van der Waals surface area contributed by atoms with Crippen LogP contribution < -0.4 is 5.56 Å². The minimum atomic E-state index is -6.00. The summed E-state index contributed by atoms with van der Waals surface area (Å²) in [6.07, 6.45) is 2.83. The lowest BCUT2D eigenvalue weighted by molar-refractivity contribution is 0.368. The number of nitrogens with zero attached hydrogens (tertiary/aromatic N) is 4. The topological polar surface area (TPSA) is 62.5 Å². The van der Waals surface area contributed by atoms with Gasteiger partial charge in [-0.2, -0.15) is 0 Å². The van der Waals surface area contributed by atoms with E-state index in [0.29, 0.717) is 4.96 Å². The second kappa shape index (κ2) is 4.92. The molecule has 17 heavy (non-hydrogen) atoms. The van der Waals surface area contributed by atoms with Crippen LogP contribution in [0.25, 0.3) is 9.94 Å². The molecule has 0 amide bonds. The van der Waals surface area contributed by atoms with Gasteiger partial charge in [0.1, 0.15) is 6.20 Å². The lowest BCUT2D eigenvalue weighted by Crippen LogP contribution is -2.10. The van der Waals surface area contributed by atoms with Crippen LogP contribution in [-0.4, -0.2) is 16.6 Å². The summed E-state index contributed by atoms with van der Waals surface area (Å²) in [5.41, 5.74) is -0.408. The number of hydrogen-bond acceptors (Lipinski definition) is 4. The van der Waals surface area contributed by atoms with Crippen LogP contribution in [-0.2, 0) is 0 Å². The first-order valence-electron chi connectivity index (χ1n) is 4.00. The first-order chi connectivity index (χ1) is 7.83. The molecule has 2 aromatic heterocycles. The molecular formula is C6H3BF4N4OS. The Kier molecular flexibility index (Phi) is 3.79. The molecule has 0 saturated heterocycles. The van der Waals surface area contributed by atoms with Crippen LogP contribution in [0.3, 0.4) is 0 Å². The molecule has 0 aliphatic rings. The Morgan fingerprint density at radius 1 is 1.41 bits per heavy atom. The lowest BCUT2D eigenvalue weighted by atomic mass is 10.3. The summed E-state index contributed by atoms with van der Waals surface area (Å²) in [6.45, 7) is 0. The van der Waals surface area contributed by atoms with Crippen molar-refractivity contribution in [2.45, 2.75) is 0 Å². The minimum Gasteiger partial charge on any atom is -0.418 e. The van der Waals surface area contributed by atoms with E-state index in [1.54, 1.807) is 11.6 Å². The molecule has 2 aromatic rings. The normalized spacial score (nSPS) is 10.5. The zero-order valence-electron chi connectivity index (χ0n) is 7.93. The quantitative estimate of drug-likeness (QED) is 0.418. The smallest absolute Gasteiger partial charge is 0.418 e. The van der Waals surface area contributed by atoms with E-state index in [2.05, 4.69) is 9.96 Å². The second-order valence-electron chi connectivity index (χ2n) is 2.60. The Hall–Kier alpha value is -1.96. The first-order valence-corrected chi connectivity index (χ1v) is 4.88. The van der Waals surface area contributed by atoms with Gasteiger partial charge >= 0.3 is 18.5 Å². The zero-order chi connectivity index (χ0) is 13.1. The average Bonchev–Trinajstić information content (AvgIpc) is 2.64. The maximum absolute atomic E-state index is 11.3. The predicted octanol–water partition coefficient (Wildman–Crippen LogP) is 2.54. The van der Waals surface area contributed by atoms with E-state index in [-0.39, 0.29) is 11.2 Å². The van der Waals surface area contributed by atoms with E-state index in [1.807, 2.05) is 0 Å². The van der Waals surface area contributed by atoms with Gasteiger partial charge in [-0.1, -0.05) is 0 Å². The molecule has 0 bridgehead atoms. The number of diazo groups is 1. The van der Waals surface area contributed by atoms with Gasteiger partial charge < -0.3 is 17.3 Å². The molecule has 0 saturated carbocycles. The molecule has 0 fully saturated rings. The fourth-order valence-electron chi connectivity index (χ4n) is 0.883. The Bertz CT molecular complexity index is 609. The van der Waals surface area contributed by atoms with Crippen molar-refractivity contribution in [2.24, 2.45) is 0 Å². The van der Waals surface area contributed by atoms with E-state index in [0.717, 1.165) is 0 Å². The van der Waals surface area contributed by atoms with Gasteiger partial charge in [0.05, 0.1) is 0 Å². The Labute approximate surface area is 95.1 Å². The second-order valence-corrected chi connectivity index (χ2v) is 3.47. The van der Waals surface area contributed by atoms with Crippen LogP contribution in [0.15, 0.2) is 22.6 Å². The summed E-state index contributed by atoms with van der Waals surface area (Å²) in [7, 11) is -6.00. The SMILES string of the molecule is F[B-](F)(F)F.N#[N+]c1cnc2sccn2c1=O. The van der Waals surface area contributed by atoms with Crippen molar-refractivity contribution in [1.82, 2.24) is 9.38 Å². The van der Waals surface area contributed by atoms with Crippen molar-refractivity contribution < 1.29 is 17.3 Å². The van der Waals surface area contributed by atoms with Crippen LogP contribution in [0.4, 0.5) is 23.0 Å². The van der Waals surface area contributed by atoms with E-state index in [4.69, 9.17) is 5.39 Å². The van der Waals surface area contributed by atoms with Crippen LogP contribution in [0.5, 0.6) is 0 Å². The molecule has 0 unspecified atom stereocenters. The minimum absolute atomic E-state index is 0.0501. The fourth-order valence-corrected chi connectivity index (χ4v) is 1.56. The first kappa shape index (κ1) is 13.1. The van der Waals surface area contributed by atoms with E-state index < -0.39 is 7.25 Å². The molecule has 2 rings (SSSR count). The average molecular weight is 266 g/mol. The number of rotatable bonds is 0. The van der Waals surface area contributed by atoms with Gasteiger partial charge in [0.25, 0.3) is 0 Å². The van der Waals surface area contributed by atoms with Crippen LogP contribution >= 0.6 is 11.3 Å². The highest BCUT2D eigenvalue weighted by Crippen LogP contribution is 2.09. The molecule has 0 spiro atoms. The summed E-state index contributed by atoms with van der Waals surface area (Å²) >= 11 is 1.35. The third-order valence-electron chi connectivity index (χ3n) is 1.43. The van der Waals surface area contributed by atoms with Crippen molar-refractivity contribution in [1.29, 1.82) is 5.39 Å². The third kappa shape index (κ3) is 3.84. The summed E-state index contributed by atoms with van der Waals surface area (Å²) < 4.78 is 40.3. The predicted molar refractivity (Wildman–Crippen MR) is 54.3 cm³/mol. The maximum atomic E-state index is 11.3. The number of fused-ring (bicyclic) bond motifs is 1. The van der Waals surface area contributed by atoms with Crippen molar-refractivity contribution in [2.75, 3.05) is 0 Å². The van der Waals surface area contributed by atoms with Crippen LogP contribution in [0.1, 0.15) is 0 Å². The largest absolute Gasteiger partial charge is 0.673 e. The fraction of sp³-hybridized carbons (Fsp3) is 0. The van der Waals surface area contributed by atoms with Crippen LogP contribution in [0.2, 0.25) is 0 Å². The van der Waals surface area contributed by atoms with Gasteiger partial charge in [0, 0.05) is 11.6 Å². The summed E-state index contributed by atoms with van der Waals surface area (Å²) in [5.74, 6) is 0. The highest BCUT2D eigenvalue weighted by Gasteiger charge is 2.20. The van der Waals surface area contributed by atoms with Crippen LogP contribution in [0, 0.1) is 5.39 Å². The van der Waals surface area contributed by atoms with Gasteiger partial charge in [-0.3, -0.25) is 9.20 Å². The molecule has 0 aliphatic heterocycles. The number of halogens is 4. The summed E-state index contributed by atoms with van der Waals surface area (Å²) in [6, 6.07) is 0.